The largest absolute Gasteiger partial charge is 0.339 e. The summed E-state index contributed by atoms with van der Waals surface area (Å²) in [7, 11) is 0. The molecule has 8 heteroatoms. The molecular formula is C21H25N5OS2. The third kappa shape index (κ3) is 4.39. The van der Waals surface area contributed by atoms with Gasteiger partial charge in [-0.05, 0) is 37.0 Å². The monoisotopic (exact) mass is 427 g/mol. The average Bonchev–Trinajstić information content (AvgIpc) is 3.43. The molecular weight excluding hydrogens is 402 g/mol. The van der Waals surface area contributed by atoms with Crippen molar-refractivity contribution in [2.45, 2.75) is 24.3 Å². The van der Waals surface area contributed by atoms with E-state index in [1.807, 2.05) is 59.7 Å². The van der Waals surface area contributed by atoms with Crippen molar-refractivity contribution in [3.63, 3.8) is 0 Å². The van der Waals surface area contributed by atoms with Crippen molar-refractivity contribution in [3.8, 4) is 16.4 Å². The van der Waals surface area contributed by atoms with E-state index < -0.39 is 0 Å². The molecule has 1 unspecified atom stereocenters. The minimum atomic E-state index is -0.217. The van der Waals surface area contributed by atoms with Crippen LogP contribution in [0.2, 0.25) is 0 Å². The van der Waals surface area contributed by atoms with Gasteiger partial charge >= 0.3 is 0 Å². The molecule has 1 aliphatic heterocycles. The molecule has 1 fully saturated rings. The number of carbonyl (C=O) groups is 1. The number of thioether (sulfide) groups is 1. The Morgan fingerprint density at radius 1 is 1.10 bits per heavy atom. The number of carbonyl (C=O) groups excluding carboxylic acids is 1. The van der Waals surface area contributed by atoms with Crippen molar-refractivity contribution < 1.29 is 4.79 Å². The highest BCUT2D eigenvalue weighted by Crippen LogP contribution is 2.32. The molecule has 0 N–H and O–H groups in total. The van der Waals surface area contributed by atoms with E-state index in [0.717, 1.165) is 54.3 Å². The van der Waals surface area contributed by atoms with E-state index in [9.17, 15) is 4.79 Å². The summed E-state index contributed by atoms with van der Waals surface area (Å²) < 4.78 is 2.05. The van der Waals surface area contributed by atoms with Crippen LogP contribution in [0.1, 0.15) is 13.8 Å². The molecule has 0 radical (unpaired) electrons. The standard InChI is InChI=1S/C21H25N5OS2/c1-3-24-11-13-25(14-12-24)20(27)16(2)29-21-23-22-19(18-10-7-15-28-18)26(21)17-8-5-4-6-9-17/h4-10,15-16H,3,11-14H2,1-2H3. The lowest BCUT2D eigenvalue weighted by Gasteiger charge is -2.35. The Morgan fingerprint density at radius 3 is 2.52 bits per heavy atom. The van der Waals surface area contributed by atoms with E-state index in [1.54, 1.807) is 11.3 Å². The molecule has 3 heterocycles. The summed E-state index contributed by atoms with van der Waals surface area (Å²) in [6.45, 7) is 8.65. The fourth-order valence-electron chi connectivity index (χ4n) is 3.47. The van der Waals surface area contributed by atoms with Gasteiger partial charge in [0.2, 0.25) is 5.91 Å². The van der Waals surface area contributed by atoms with Crippen molar-refractivity contribution >= 4 is 29.0 Å². The first kappa shape index (κ1) is 20.1. The van der Waals surface area contributed by atoms with Gasteiger partial charge in [0.25, 0.3) is 0 Å². The lowest BCUT2D eigenvalue weighted by Crippen LogP contribution is -2.50. The van der Waals surface area contributed by atoms with Crippen LogP contribution in [0, 0.1) is 0 Å². The van der Waals surface area contributed by atoms with Gasteiger partial charge in [-0.2, -0.15) is 0 Å². The van der Waals surface area contributed by atoms with Gasteiger partial charge in [-0.1, -0.05) is 43.0 Å². The van der Waals surface area contributed by atoms with Crippen LogP contribution in [0.3, 0.4) is 0 Å². The number of benzene rings is 1. The van der Waals surface area contributed by atoms with E-state index in [4.69, 9.17) is 0 Å². The number of nitrogens with zero attached hydrogens (tertiary/aromatic N) is 5. The van der Waals surface area contributed by atoms with Crippen LogP contribution in [0.25, 0.3) is 16.4 Å². The quantitative estimate of drug-likeness (QED) is 0.562. The van der Waals surface area contributed by atoms with Gasteiger partial charge in [0.05, 0.1) is 10.1 Å². The average molecular weight is 428 g/mol. The van der Waals surface area contributed by atoms with Crippen LogP contribution in [0.5, 0.6) is 0 Å². The predicted octanol–water partition coefficient (Wildman–Crippen LogP) is 3.64. The Balaban J connectivity index is 1.56. The highest BCUT2D eigenvalue weighted by atomic mass is 32.2. The van der Waals surface area contributed by atoms with Gasteiger partial charge in [-0.25, -0.2) is 0 Å². The zero-order valence-corrected chi connectivity index (χ0v) is 18.3. The van der Waals surface area contributed by atoms with Crippen LogP contribution >= 0.6 is 23.1 Å². The van der Waals surface area contributed by atoms with Crippen molar-refractivity contribution in [1.82, 2.24) is 24.6 Å². The van der Waals surface area contributed by atoms with Gasteiger partial charge in [0.1, 0.15) is 0 Å². The molecule has 29 heavy (non-hydrogen) atoms. The topological polar surface area (TPSA) is 54.3 Å². The fraction of sp³-hybridized carbons (Fsp3) is 0.381. The van der Waals surface area contributed by atoms with Crippen LogP contribution in [-0.2, 0) is 4.79 Å². The minimum absolute atomic E-state index is 0.172. The predicted molar refractivity (Wildman–Crippen MR) is 119 cm³/mol. The Hall–Kier alpha value is -2.16. The third-order valence-electron chi connectivity index (χ3n) is 5.15. The number of thiophene rings is 1. The summed E-state index contributed by atoms with van der Waals surface area (Å²) >= 11 is 3.12. The first-order chi connectivity index (χ1) is 14.2. The Labute approximate surface area is 179 Å². The van der Waals surface area contributed by atoms with Crippen molar-refractivity contribution in [2.24, 2.45) is 0 Å². The lowest BCUT2D eigenvalue weighted by atomic mass is 10.3. The van der Waals surface area contributed by atoms with Crippen LogP contribution < -0.4 is 0 Å². The number of amides is 1. The van der Waals surface area contributed by atoms with E-state index in [2.05, 4.69) is 26.6 Å². The first-order valence-electron chi connectivity index (χ1n) is 9.90. The van der Waals surface area contributed by atoms with Gasteiger partial charge < -0.3 is 9.80 Å². The smallest absolute Gasteiger partial charge is 0.235 e. The third-order valence-corrected chi connectivity index (χ3v) is 7.05. The van der Waals surface area contributed by atoms with E-state index in [0.29, 0.717) is 0 Å². The summed E-state index contributed by atoms with van der Waals surface area (Å²) in [6, 6.07) is 14.1. The number of rotatable bonds is 6. The Morgan fingerprint density at radius 2 is 1.86 bits per heavy atom. The van der Waals surface area contributed by atoms with E-state index in [-0.39, 0.29) is 11.2 Å². The molecule has 3 aromatic rings. The zero-order valence-electron chi connectivity index (χ0n) is 16.7. The highest BCUT2D eigenvalue weighted by Gasteiger charge is 2.27. The number of likely N-dealkylation sites (N-methyl/N-ethyl adjacent to an activating group) is 1. The molecule has 4 rings (SSSR count). The Bertz CT molecular complexity index is 933. The second-order valence-corrected chi connectivity index (χ2v) is 9.23. The van der Waals surface area contributed by atoms with E-state index >= 15 is 0 Å². The second-order valence-electron chi connectivity index (χ2n) is 6.97. The molecule has 1 aliphatic rings. The summed E-state index contributed by atoms with van der Waals surface area (Å²) in [5.74, 6) is 0.982. The molecule has 1 atom stereocenters. The van der Waals surface area contributed by atoms with Crippen LogP contribution in [0.15, 0.2) is 53.0 Å². The molecule has 1 aromatic carbocycles. The van der Waals surface area contributed by atoms with Gasteiger partial charge in [-0.3, -0.25) is 9.36 Å². The maximum Gasteiger partial charge on any atom is 0.235 e. The van der Waals surface area contributed by atoms with Gasteiger partial charge in [0, 0.05) is 31.9 Å². The minimum Gasteiger partial charge on any atom is -0.339 e. The number of piperazine rings is 1. The highest BCUT2D eigenvalue weighted by molar-refractivity contribution is 8.00. The van der Waals surface area contributed by atoms with Crippen molar-refractivity contribution in [2.75, 3.05) is 32.7 Å². The number of hydrogen-bond acceptors (Lipinski definition) is 6. The number of aromatic nitrogens is 3. The van der Waals surface area contributed by atoms with Gasteiger partial charge in [0.15, 0.2) is 11.0 Å². The maximum atomic E-state index is 13.0. The lowest BCUT2D eigenvalue weighted by molar-refractivity contribution is -0.132. The Kier molecular flexibility index (Phi) is 6.32. The number of para-hydroxylation sites is 1. The fourth-order valence-corrected chi connectivity index (χ4v) is 5.12. The first-order valence-corrected chi connectivity index (χ1v) is 11.7. The van der Waals surface area contributed by atoms with Crippen LogP contribution in [0.4, 0.5) is 0 Å². The second kappa shape index (κ2) is 9.11. The summed E-state index contributed by atoms with van der Waals surface area (Å²) in [4.78, 5) is 18.4. The number of hydrogen-bond donors (Lipinski definition) is 0. The molecule has 0 aliphatic carbocycles. The van der Waals surface area contributed by atoms with Crippen LogP contribution in [-0.4, -0.2) is 68.4 Å². The molecule has 1 saturated heterocycles. The zero-order chi connectivity index (χ0) is 20.2. The SMILES string of the molecule is CCN1CCN(C(=O)C(C)Sc2nnc(-c3cccs3)n2-c2ccccc2)CC1. The molecule has 0 bridgehead atoms. The molecule has 2 aromatic heterocycles. The maximum absolute atomic E-state index is 13.0. The summed E-state index contributed by atoms with van der Waals surface area (Å²) in [5, 5.41) is 11.5. The molecule has 0 saturated carbocycles. The van der Waals surface area contributed by atoms with Crippen molar-refractivity contribution in [3.05, 3.63) is 47.8 Å². The molecule has 1 amide bonds. The van der Waals surface area contributed by atoms with E-state index in [1.165, 1.54) is 11.8 Å². The summed E-state index contributed by atoms with van der Waals surface area (Å²) in [6.07, 6.45) is 0. The van der Waals surface area contributed by atoms with Gasteiger partial charge in [-0.15, -0.1) is 21.5 Å². The summed E-state index contributed by atoms with van der Waals surface area (Å²) in [5.41, 5.74) is 1.000. The van der Waals surface area contributed by atoms with Crippen molar-refractivity contribution in [1.29, 1.82) is 0 Å². The normalized spacial score (nSPS) is 16.1. The molecule has 152 valence electrons. The molecule has 0 spiro atoms. The molecule has 6 nitrogen and oxygen atoms in total.